The van der Waals surface area contributed by atoms with Gasteiger partial charge in [0.1, 0.15) is 5.60 Å². The molecule has 3 aliphatic rings. The molecule has 0 bridgehead atoms. The quantitative estimate of drug-likeness (QED) is 0.691. The van der Waals surface area contributed by atoms with Crippen LogP contribution in [0.1, 0.15) is 52.9 Å². The molecule has 0 aromatic carbocycles. The fourth-order valence-corrected chi connectivity index (χ4v) is 4.60. The number of nitrogens with zero attached hydrogens (tertiary/aromatic N) is 2. The molecule has 3 fully saturated rings. The van der Waals surface area contributed by atoms with Gasteiger partial charge >= 0.3 is 6.09 Å². The van der Waals surface area contributed by atoms with Gasteiger partial charge in [0.05, 0.1) is 0 Å². The monoisotopic (exact) mass is 328 g/mol. The Kier molecular flexibility index (Phi) is 4.36. The average Bonchev–Trinajstić information content (AvgIpc) is 2.80. The van der Waals surface area contributed by atoms with Gasteiger partial charge in [-0.05, 0) is 51.9 Å². The molecule has 2 aliphatic heterocycles. The van der Waals surface area contributed by atoms with Crippen molar-refractivity contribution in [3.8, 4) is 0 Å². The molecule has 4 nitrogen and oxygen atoms in total. The van der Waals surface area contributed by atoms with E-state index in [0.29, 0.717) is 16.8 Å². The smallest absolute Gasteiger partial charge is 0.410 e. The normalized spacial score (nSPS) is 32.1. The number of carbonyl (C=O) groups excluding carboxylic acids is 1. The molecular weight excluding hydrogens is 300 g/mol. The van der Waals surface area contributed by atoms with Crippen molar-refractivity contribution in [1.82, 2.24) is 9.80 Å². The summed E-state index contributed by atoms with van der Waals surface area (Å²) >= 11 is 6.43. The second kappa shape index (κ2) is 5.86. The van der Waals surface area contributed by atoms with Crippen molar-refractivity contribution in [2.24, 2.45) is 5.41 Å². The number of halogens is 1. The number of alkyl halides is 1. The molecule has 2 atom stereocenters. The minimum absolute atomic E-state index is 0.157. The molecule has 0 unspecified atom stereocenters. The number of hydrogen-bond acceptors (Lipinski definition) is 3. The van der Waals surface area contributed by atoms with Crippen molar-refractivity contribution in [2.45, 2.75) is 69.9 Å². The molecule has 126 valence electrons. The van der Waals surface area contributed by atoms with Gasteiger partial charge in [-0.2, -0.15) is 0 Å². The van der Waals surface area contributed by atoms with Gasteiger partial charge in [0, 0.05) is 37.6 Å². The molecule has 2 saturated heterocycles. The van der Waals surface area contributed by atoms with Gasteiger partial charge in [0.15, 0.2) is 0 Å². The topological polar surface area (TPSA) is 32.8 Å². The van der Waals surface area contributed by atoms with Crippen LogP contribution in [0.2, 0.25) is 0 Å². The van der Waals surface area contributed by atoms with E-state index in [-0.39, 0.29) is 6.09 Å². The predicted molar refractivity (Wildman–Crippen MR) is 88.3 cm³/mol. The van der Waals surface area contributed by atoms with Crippen molar-refractivity contribution in [3.63, 3.8) is 0 Å². The molecule has 5 heteroatoms. The van der Waals surface area contributed by atoms with Gasteiger partial charge in [0.25, 0.3) is 0 Å². The van der Waals surface area contributed by atoms with Crippen LogP contribution < -0.4 is 0 Å². The van der Waals surface area contributed by atoms with Gasteiger partial charge in [-0.1, -0.05) is 6.42 Å². The number of ether oxygens (including phenoxy) is 1. The number of amides is 1. The molecule has 1 saturated carbocycles. The first-order valence-corrected chi connectivity index (χ1v) is 9.08. The van der Waals surface area contributed by atoms with Crippen molar-refractivity contribution in [1.29, 1.82) is 0 Å². The van der Waals surface area contributed by atoms with Crippen molar-refractivity contribution >= 4 is 17.7 Å². The highest BCUT2D eigenvalue weighted by molar-refractivity contribution is 6.21. The van der Waals surface area contributed by atoms with Gasteiger partial charge in [-0.25, -0.2) is 4.79 Å². The Bertz CT molecular complexity index is 419. The van der Waals surface area contributed by atoms with Gasteiger partial charge < -0.3 is 9.64 Å². The summed E-state index contributed by atoms with van der Waals surface area (Å²) in [5.41, 5.74) is 0.0228. The van der Waals surface area contributed by atoms with E-state index in [1.165, 1.54) is 32.4 Å². The van der Waals surface area contributed by atoms with E-state index in [2.05, 4.69) is 4.90 Å². The molecule has 2 heterocycles. The van der Waals surface area contributed by atoms with Crippen LogP contribution >= 0.6 is 11.6 Å². The largest absolute Gasteiger partial charge is 0.444 e. The molecular formula is C17H29ClN2O2. The maximum Gasteiger partial charge on any atom is 0.410 e. The highest BCUT2D eigenvalue weighted by Crippen LogP contribution is 2.44. The van der Waals surface area contributed by atoms with E-state index < -0.39 is 5.60 Å². The summed E-state index contributed by atoms with van der Waals surface area (Å²) in [4.78, 5) is 16.6. The van der Waals surface area contributed by atoms with Gasteiger partial charge in [0.2, 0.25) is 0 Å². The lowest BCUT2D eigenvalue weighted by atomic mass is 9.71. The Morgan fingerprint density at radius 2 is 1.82 bits per heavy atom. The summed E-state index contributed by atoms with van der Waals surface area (Å²) in [6.07, 6.45) is 5.74. The Morgan fingerprint density at radius 3 is 2.32 bits per heavy atom. The Labute approximate surface area is 139 Å². The van der Waals surface area contributed by atoms with Crippen LogP contribution in [0.4, 0.5) is 4.79 Å². The molecule has 1 amide bonds. The Hall–Kier alpha value is -0.480. The first-order valence-electron chi connectivity index (χ1n) is 8.64. The Balaban J connectivity index is 1.46. The van der Waals surface area contributed by atoms with Crippen LogP contribution in [0.5, 0.6) is 0 Å². The lowest BCUT2D eigenvalue weighted by molar-refractivity contribution is -0.0691. The molecule has 1 spiro atoms. The lowest BCUT2D eigenvalue weighted by Gasteiger charge is -2.56. The van der Waals surface area contributed by atoms with E-state index in [1.807, 2.05) is 25.7 Å². The summed E-state index contributed by atoms with van der Waals surface area (Å²) in [7, 11) is 0. The zero-order valence-corrected chi connectivity index (χ0v) is 14.9. The SMILES string of the molecule is CC(C)(C)OC(=O)N1CCC2(CC1)CN([C@H]1CCC[C@H]1Cl)C2. The minimum Gasteiger partial charge on any atom is -0.444 e. The van der Waals surface area contributed by atoms with Crippen molar-refractivity contribution in [2.75, 3.05) is 26.2 Å². The van der Waals surface area contributed by atoms with Crippen LogP contribution in [-0.4, -0.2) is 59.1 Å². The van der Waals surface area contributed by atoms with Crippen LogP contribution in [-0.2, 0) is 4.74 Å². The predicted octanol–water partition coefficient (Wildman–Crippen LogP) is 3.48. The van der Waals surface area contributed by atoms with Crippen LogP contribution in [0.15, 0.2) is 0 Å². The third-order valence-corrected chi connectivity index (χ3v) is 5.93. The summed E-state index contributed by atoms with van der Waals surface area (Å²) in [6, 6.07) is 0.594. The summed E-state index contributed by atoms with van der Waals surface area (Å²) in [6.45, 7) is 9.76. The summed E-state index contributed by atoms with van der Waals surface area (Å²) < 4.78 is 5.47. The molecule has 3 rings (SSSR count). The van der Waals surface area contributed by atoms with Crippen molar-refractivity contribution in [3.05, 3.63) is 0 Å². The Morgan fingerprint density at radius 1 is 1.18 bits per heavy atom. The second-order valence-electron chi connectivity index (χ2n) is 8.39. The van der Waals surface area contributed by atoms with Crippen LogP contribution in [0.25, 0.3) is 0 Å². The maximum absolute atomic E-state index is 12.1. The van der Waals surface area contributed by atoms with E-state index in [0.717, 1.165) is 25.9 Å². The molecule has 0 aromatic heterocycles. The number of likely N-dealkylation sites (tertiary alicyclic amines) is 2. The maximum atomic E-state index is 12.1. The standard InChI is InChI=1S/C17H29ClN2O2/c1-16(2,3)22-15(21)19-9-7-17(8-10-19)11-20(12-17)14-6-4-5-13(14)18/h13-14H,4-12H2,1-3H3/t13-,14+/m1/s1. The summed E-state index contributed by atoms with van der Waals surface area (Å²) in [5, 5.41) is 0.346. The fourth-order valence-electron chi connectivity index (χ4n) is 4.16. The first kappa shape index (κ1) is 16.4. The van der Waals surface area contributed by atoms with E-state index >= 15 is 0 Å². The second-order valence-corrected chi connectivity index (χ2v) is 8.95. The molecule has 0 radical (unpaired) electrons. The van der Waals surface area contributed by atoms with Crippen molar-refractivity contribution < 1.29 is 9.53 Å². The zero-order valence-electron chi connectivity index (χ0n) is 14.1. The molecule has 1 aliphatic carbocycles. The number of carbonyl (C=O) groups is 1. The van der Waals surface area contributed by atoms with E-state index in [1.54, 1.807) is 0 Å². The number of hydrogen-bond donors (Lipinski definition) is 0. The summed E-state index contributed by atoms with van der Waals surface area (Å²) in [5.74, 6) is 0. The molecule has 0 aromatic rings. The molecule has 22 heavy (non-hydrogen) atoms. The van der Waals surface area contributed by atoms with Crippen LogP contribution in [0.3, 0.4) is 0 Å². The number of rotatable bonds is 1. The van der Waals surface area contributed by atoms with E-state index in [9.17, 15) is 4.79 Å². The van der Waals surface area contributed by atoms with Gasteiger partial charge in [-0.3, -0.25) is 4.90 Å². The third-order valence-electron chi connectivity index (χ3n) is 5.42. The third kappa shape index (κ3) is 3.38. The molecule has 0 N–H and O–H groups in total. The van der Waals surface area contributed by atoms with Gasteiger partial charge in [-0.15, -0.1) is 11.6 Å². The number of piperidine rings is 1. The average molecular weight is 329 g/mol. The first-order chi connectivity index (χ1) is 10.3. The minimum atomic E-state index is -0.405. The van der Waals surface area contributed by atoms with E-state index in [4.69, 9.17) is 16.3 Å². The lowest BCUT2D eigenvalue weighted by Crippen LogP contribution is -2.64. The fraction of sp³-hybridized carbons (Fsp3) is 0.941. The highest BCUT2D eigenvalue weighted by atomic mass is 35.5. The highest BCUT2D eigenvalue weighted by Gasteiger charge is 2.49. The zero-order chi connectivity index (χ0) is 16.0. The van der Waals surface area contributed by atoms with Crippen LogP contribution in [0, 0.1) is 5.41 Å².